The number of carbonyl (C=O) groups is 2. The number of nitrogens with one attached hydrogen (secondary N) is 1. The molecule has 0 aliphatic carbocycles. The number of nitrogens with two attached hydrogens (primary N) is 1. The molecule has 0 fully saturated rings. The molecule has 2 amide bonds. The van der Waals surface area contributed by atoms with Crippen molar-refractivity contribution in [1.82, 2.24) is 0 Å². The Kier molecular flexibility index (Phi) is 3.45. The van der Waals surface area contributed by atoms with Gasteiger partial charge in [-0.05, 0) is 12.1 Å². The van der Waals surface area contributed by atoms with E-state index in [2.05, 4.69) is 5.32 Å². The third kappa shape index (κ3) is 3.95. The first-order valence-electron chi connectivity index (χ1n) is 4.15. The van der Waals surface area contributed by atoms with Crippen molar-refractivity contribution in [3.8, 4) is 5.75 Å². The van der Waals surface area contributed by atoms with E-state index in [-0.39, 0.29) is 5.75 Å². The van der Waals surface area contributed by atoms with Crippen LogP contribution < -0.4 is 11.1 Å². The maximum atomic E-state index is 11.1. The quantitative estimate of drug-likeness (QED) is 0.624. The number of hydrogen-bond acceptors (Lipinski definition) is 3. The highest BCUT2D eigenvalue weighted by atomic mass is 16.3. The van der Waals surface area contributed by atoms with Crippen molar-refractivity contribution in [2.75, 3.05) is 5.32 Å². The lowest BCUT2D eigenvalue weighted by Crippen LogP contribution is -2.11. The van der Waals surface area contributed by atoms with Gasteiger partial charge in [0.25, 0.3) is 0 Å². The van der Waals surface area contributed by atoms with Gasteiger partial charge in [0.1, 0.15) is 5.75 Å². The van der Waals surface area contributed by atoms with Crippen LogP contribution in [-0.2, 0) is 9.59 Å². The highest BCUT2D eigenvalue weighted by molar-refractivity contribution is 6.03. The molecule has 0 aliphatic rings. The predicted molar refractivity (Wildman–Crippen MR) is 55.1 cm³/mol. The summed E-state index contributed by atoms with van der Waals surface area (Å²) in [5, 5.41) is 11.5. The molecule has 0 spiro atoms. The Hall–Kier alpha value is -2.30. The van der Waals surface area contributed by atoms with Gasteiger partial charge in [-0.25, -0.2) is 0 Å². The molecule has 1 aromatic rings. The molecule has 15 heavy (non-hydrogen) atoms. The maximum absolute atomic E-state index is 11.1. The standard InChI is InChI=1S/C10H10N2O3/c11-9(14)4-5-10(15)12-7-2-1-3-8(13)6-7/h1-6,13H,(H2,11,14)(H,12,15). The number of benzene rings is 1. The summed E-state index contributed by atoms with van der Waals surface area (Å²) in [6.45, 7) is 0. The monoisotopic (exact) mass is 206 g/mol. The predicted octanol–water partition coefficient (Wildman–Crippen LogP) is 0.372. The Morgan fingerprint density at radius 2 is 2.07 bits per heavy atom. The molecule has 0 atom stereocenters. The Morgan fingerprint density at radius 3 is 2.67 bits per heavy atom. The first-order valence-corrected chi connectivity index (χ1v) is 4.15. The first-order chi connectivity index (χ1) is 7.08. The van der Waals surface area contributed by atoms with Crippen molar-refractivity contribution in [2.45, 2.75) is 0 Å². The second-order valence-corrected chi connectivity index (χ2v) is 2.78. The van der Waals surface area contributed by atoms with Crippen LogP contribution in [0.15, 0.2) is 36.4 Å². The van der Waals surface area contributed by atoms with Crippen LogP contribution in [0, 0.1) is 0 Å². The summed E-state index contributed by atoms with van der Waals surface area (Å²) >= 11 is 0. The lowest BCUT2D eigenvalue weighted by atomic mass is 10.3. The molecule has 0 aromatic heterocycles. The lowest BCUT2D eigenvalue weighted by Gasteiger charge is -2.01. The van der Waals surface area contributed by atoms with Crippen molar-refractivity contribution < 1.29 is 14.7 Å². The van der Waals surface area contributed by atoms with Gasteiger partial charge in [-0.2, -0.15) is 0 Å². The van der Waals surface area contributed by atoms with E-state index in [9.17, 15) is 9.59 Å². The summed E-state index contributed by atoms with van der Waals surface area (Å²) in [6, 6.07) is 6.06. The van der Waals surface area contributed by atoms with Crippen LogP contribution in [0.25, 0.3) is 0 Å². The average molecular weight is 206 g/mol. The molecule has 5 heteroatoms. The number of phenols is 1. The zero-order valence-corrected chi connectivity index (χ0v) is 7.81. The molecule has 0 unspecified atom stereocenters. The van der Waals surface area contributed by atoms with Crippen molar-refractivity contribution in [2.24, 2.45) is 5.73 Å². The van der Waals surface area contributed by atoms with Crippen LogP contribution in [0.5, 0.6) is 5.75 Å². The summed E-state index contributed by atoms with van der Waals surface area (Å²) in [5.41, 5.74) is 5.25. The van der Waals surface area contributed by atoms with Crippen molar-refractivity contribution in [1.29, 1.82) is 0 Å². The van der Waals surface area contributed by atoms with Gasteiger partial charge >= 0.3 is 0 Å². The number of rotatable bonds is 3. The number of hydrogen-bond donors (Lipinski definition) is 3. The number of amides is 2. The fraction of sp³-hybridized carbons (Fsp3) is 0. The Bertz CT molecular complexity index is 413. The van der Waals surface area contributed by atoms with Gasteiger partial charge in [0.15, 0.2) is 0 Å². The number of primary amides is 1. The zero-order chi connectivity index (χ0) is 11.3. The van der Waals surface area contributed by atoms with Gasteiger partial charge < -0.3 is 16.2 Å². The number of phenolic OH excluding ortho intramolecular Hbond substituents is 1. The molecule has 0 heterocycles. The molecule has 4 N–H and O–H groups in total. The third-order valence-electron chi connectivity index (χ3n) is 1.51. The Morgan fingerprint density at radius 1 is 1.33 bits per heavy atom. The molecule has 0 saturated carbocycles. The molecule has 1 aromatic carbocycles. The minimum atomic E-state index is -0.693. The first kappa shape index (κ1) is 10.8. The minimum absolute atomic E-state index is 0.0479. The molecule has 1 rings (SSSR count). The minimum Gasteiger partial charge on any atom is -0.508 e. The van der Waals surface area contributed by atoms with Gasteiger partial charge in [-0.15, -0.1) is 0 Å². The highest BCUT2D eigenvalue weighted by Crippen LogP contribution is 2.14. The molecule has 5 nitrogen and oxygen atoms in total. The van der Waals surface area contributed by atoms with E-state index in [0.717, 1.165) is 12.2 Å². The van der Waals surface area contributed by atoms with Crippen LogP contribution in [0.1, 0.15) is 0 Å². The van der Waals surface area contributed by atoms with E-state index in [1.807, 2.05) is 0 Å². The fourth-order valence-electron chi connectivity index (χ4n) is 0.925. The van der Waals surface area contributed by atoms with Gasteiger partial charge in [0.2, 0.25) is 11.8 Å². The van der Waals surface area contributed by atoms with E-state index in [1.165, 1.54) is 12.1 Å². The van der Waals surface area contributed by atoms with Gasteiger partial charge in [0.05, 0.1) is 0 Å². The topological polar surface area (TPSA) is 92.4 Å². The maximum Gasteiger partial charge on any atom is 0.248 e. The van der Waals surface area contributed by atoms with Crippen LogP contribution in [0.3, 0.4) is 0 Å². The molecule has 78 valence electrons. The summed E-state index contributed by atoms with van der Waals surface area (Å²) in [6.07, 6.45) is 1.98. The summed E-state index contributed by atoms with van der Waals surface area (Å²) in [5.74, 6) is -1.13. The van der Waals surface area contributed by atoms with Crippen molar-refractivity contribution >= 4 is 17.5 Å². The molecular weight excluding hydrogens is 196 g/mol. The SMILES string of the molecule is NC(=O)C=CC(=O)Nc1cccc(O)c1. The molecule has 0 bridgehead atoms. The molecule has 0 saturated heterocycles. The number of anilines is 1. The smallest absolute Gasteiger partial charge is 0.248 e. The third-order valence-corrected chi connectivity index (χ3v) is 1.51. The van der Waals surface area contributed by atoms with Gasteiger partial charge in [-0.1, -0.05) is 6.07 Å². The zero-order valence-electron chi connectivity index (χ0n) is 7.81. The Balaban J connectivity index is 2.63. The van der Waals surface area contributed by atoms with Crippen LogP contribution in [0.2, 0.25) is 0 Å². The normalized spacial score (nSPS) is 10.1. The Labute approximate surface area is 86.2 Å². The van der Waals surface area contributed by atoms with E-state index >= 15 is 0 Å². The van der Waals surface area contributed by atoms with Crippen LogP contribution >= 0.6 is 0 Å². The second kappa shape index (κ2) is 4.80. The van der Waals surface area contributed by atoms with Gasteiger partial charge in [0, 0.05) is 23.9 Å². The van der Waals surface area contributed by atoms with E-state index in [1.54, 1.807) is 12.1 Å². The van der Waals surface area contributed by atoms with E-state index in [0.29, 0.717) is 5.69 Å². The fourth-order valence-corrected chi connectivity index (χ4v) is 0.925. The molecule has 0 radical (unpaired) electrons. The van der Waals surface area contributed by atoms with E-state index < -0.39 is 11.8 Å². The largest absolute Gasteiger partial charge is 0.508 e. The number of carbonyl (C=O) groups excluding carboxylic acids is 2. The molecule has 0 aliphatic heterocycles. The second-order valence-electron chi connectivity index (χ2n) is 2.78. The number of aromatic hydroxyl groups is 1. The van der Waals surface area contributed by atoms with Crippen LogP contribution in [-0.4, -0.2) is 16.9 Å². The van der Waals surface area contributed by atoms with Gasteiger partial charge in [-0.3, -0.25) is 9.59 Å². The average Bonchev–Trinajstić information content (AvgIpc) is 2.15. The summed E-state index contributed by atoms with van der Waals surface area (Å²) < 4.78 is 0. The molecular formula is C10H10N2O3. The van der Waals surface area contributed by atoms with Crippen molar-refractivity contribution in [3.63, 3.8) is 0 Å². The van der Waals surface area contributed by atoms with Crippen molar-refractivity contribution in [3.05, 3.63) is 36.4 Å². The highest BCUT2D eigenvalue weighted by Gasteiger charge is 1.98. The summed E-state index contributed by atoms with van der Waals surface area (Å²) in [7, 11) is 0. The van der Waals surface area contributed by atoms with E-state index in [4.69, 9.17) is 10.8 Å². The summed E-state index contributed by atoms with van der Waals surface area (Å²) in [4.78, 5) is 21.5. The lowest BCUT2D eigenvalue weighted by molar-refractivity contribution is -0.115. The van der Waals surface area contributed by atoms with Crippen LogP contribution in [0.4, 0.5) is 5.69 Å².